The summed E-state index contributed by atoms with van der Waals surface area (Å²) < 4.78 is 10.5. The lowest BCUT2D eigenvalue weighted by atomic mass is 10.1. The van der Waals surface area contributed by atoms with Crippen LogP contribution in [0.5, 0.6) is 0 Å². The molecule has 0 saturated heterocycles. The maximum atomic E-state index is 5.93. The molecule has 0 saturated carbocycles. The van der Waals surface area contributed by atoms with E-state index in [-0.39, 0.29) is 18.1 Å². The fourth-order valence-electron chi connectivity index (χ4n) is 1.46. The molecule has 0 aliphatic heterocycles. The molecule has 0 amide bonds. The van der Waals surface area contributed by atoms with Gasteiger partial charge in [-0.3, -0.25) is 0 Å². The van der Waals surface area contributed by atoms with Crippen molar-refractivity contribution in [3.63, 3.8) is 0 Å². The van der Waals surface area contributed by atoms with Crippen molar-refractivity contribution in [3.8, 4) is 0 Å². The first-order valence-corrected chi connectivity index (χ1v) is 5.59. The molecule has 0 aromatic carbocycles. The molecule has 16 heavy (non-hydrogen) atoms. The van der Waals surface area contributed by atoms with Crippen LogP contribution in [0.25, 0.3) is 0 Å². The van der Waals surface area contributed by atoms with Crippen LogP contribution in [0.1, 0.15) is 51.6 Å². The standard InChI is InChI=1S/C11H21N3O2/c1-6(2)8(12)11-13-10(14-16-11)9(15-5)7(3)4/h6-9H,12H2,1-5H3/t8-,9?/m1/s1. The summed E-state index contributed by atoms with van der Waals surface area (Å²) in [6.07, 6.45) is -0.142. The van der Waals surface area contributed by atoms with E-state index in [1.54, 1.807) is 7.11 Å². The highest BCUT2D eigenvalue weighted by atomic mass is 16.5. The Hall–Kier alpha value is -0.940. The fourth-order valence-corrected chi connectivity index (χ4v) is 1.46. The maximum Gasteiger partial charge on any atom is 0.243 e. The second-order valence-corrected chi connectivity index (χ2v) is 4.66. The van der Waals surface area contributed by atoms with E-state index in [0.29, 0.717) is 17.6 Å². The van der Waals surface area contributed by atoms with Gasteiger partial charge in [0.05, 0.1) is 6.04 Å². The monoisotopic (exact) mass is 227 g/mol. The van der Waals surface area contributed by atoms with Crippen molar-refractivity contribution in [2.75, 3.05) is 7.11 Å². The quantitative estimate of drug-likeness (QED) is 0.833. The summed E-state index contributed by atoms with van der Waals surface area (Å²) in [4.78, 5) is 4.30. The molecule has 0 fully saturated rings. The zero-order valence-corrected chi connectivity index (χ0v) is 10.6. The molecule has 1 unspecified atom stereocenters. The predicted octanol–water partition coefficient (Wildman–Crippen LogP) is 2.07. The number of aromatic nitrogens is 2. The summed E-state index contributed by atoms with van der Waals surface area (Å²) in [7, 11) is 1.64. The maximum absolute atomic E-state index is 5.93. The second-order valence-electron chi connectivity index (χ2n) is 4.66. The summed E-state index contributed by atoms with van der Waals surface area (Å²) in [5.74, 6) is 1.62. The average Bonchev–Trinajstić information content (AvgIpc) is 2.66. The molecule has 1 rings (SSSR count). The molecule has 2 N–H and O–H groups in total. The molecule has 5 heteroatoms. The van der Waals surface area contributed by atoms with E-state index >= 15 is 0 Å². The lowest BCUT2D eigenvalue weighted by molar-refractivity contribution is 0.0555. The molecule has 1 aromatic rings. The number of rotatable bonds is 5. The van der Waals surface area contributed by atoms with E-state index in [9.17, 15) is 0 Å². The normalized spacial score (nSPS) is 15.8. The zero-order valence-electron chi connectivity index (χ0n) is 10.6. The smallest absolute Gasteiger partial charge is 0.243 e. The number of hydrogen-bond acceptors (Lipinski definition) is 5. The van der Waals surface area contributed by atoms with E-state index in [4.69, 9.17) is 15.0 Å². The molecule has 0 bridgehead atoms. The summed E-state index contributed by atoms with van der Waals surface area (Å²) in [5.41, 5.74) is 5.93. The van der Waals surface area contributed by atoms with Crippen molar-refractivity contribution in [1.29, 1.82) is 0 Å². The van der Waals surface area contributed by atoms with E-state index < -0.39 is 0 Å². The number of nitrogens with two attached hydrogens (primary N) is 1. The Kier molecular flexibility index (Phi) is 4.44. The van der Waals surface area contributed by atoms with E-state index in [2.05, 4.69) is 10.1 Å². The Bertz CT molecular complexity index is 323. The third kappa shape index (κ3) is 2.80. The summed E-state index contributed by atoms with van der Waals surface area (Å²) in [5, 5.41) is 3.92. The van der Waals surface area contributed by atoms with Crippen molar-refractivity contribution in [3.05, 3.63) is 11.7 Å². The Morgan fingerprint density at radius 2 is 1.81 bits per heavy atom. The topological polar surface area (TPSA) is 74.2 Å². The molecule has 92 valence electrons. The minimum absolute atomic E-state index is 0.142. The second kappa shape index (κ2) is 5.41. The van der Waals surface area contributed by atoms with Gasteiger partial charge in [0, 0.05) is 7.11 Å². The van der Waals surface area contributed by atoms with E-state index in [1.807, 2.05) is 27.7 Å². The van der Waals surface area contributed by atoms with Gasteiger partial charge in [0.25, 0.3) is 0 Å². The van der Waals surface area contributed by atoms with E-state index in [1.165, 1.54) is 0 Å². The molecule has 0 radical (unpaired) electrons. The highest BCUT2D eigenvalue weighted by molar-refractivity contribution is 4.96. The Balaban J connectivity index is 2.85. The van der Waals surface area contributed by atoms with Gasteiger partial charge in [0.15, 0.2) is 0 Å². The van der Waals surface area contributed by atoms with Crippen molar-refractivity contribution >= 4 is 0 Å². The van der Waals surface area contributed by atoms with Crippen LogP contribution < -0.4 is 5.73 Å². The fraction of sp³-hybridized carbons (Fsp3) is 0.818. The number of nitrogens with zero attached hydrogens (tertiary/aromatic N) is 2. The first-order valence-electron chi connectivity index (χ1n) is 5.59. The zero-order chi connectivity index (χ0) is 12.3. The van der Waals surface area contributed by atoms with Crippen LogP contribution >= 0.6 is 0 Å². The third-order valence-electron chi connectivity index (χ3n) is 2.57. The van der Waals surface area contributed by atoms with Crippen LogP contribution in [0.3, 0.4) is 0 Å². The van der Waals surface area contributed by atoms with Crippen LogP contribution in [0.2, 0.25) is 0 Å². The molecule has 1 aromatic heterocycles. The lowest BCUT2D eigenvalue weighted by Crippen LogP contribution is -2.17. The lowest BCUT2D eigenvalue weighted by Gasteiger charge is -2.14. The van der Waals surface area contributed by atoms with Crippen molar-refractivity contribution in [2.45, 2.75) is 39.8 Å². The van der Waals surface area contributed by atoms with Crippen molar-refractivity contribution < 1.29 is 9.26 Å². The molecule has 0 aliphatic rings. The SMILES string of the molecule is COC(c1noc([C@H](N)C(C)C)n1)C(C)C. The first kappa shape index (κ1) is 13.1. The molecule has 0 aliphatic carbocycles. The molecular formula is C11H21N3O2. The molecular weight excluding hydrogens is 206 g/mol. The predicted molar refractivity (Wildman–Crippen MR) is 60.7 cm³/mol. The summed E-state index contributed by atoms with van der Waals surface area (Å²) in [6, 6.07) is -0.217. The largest absolute Gasteiger partial charge is 0.373 e. The highest BCUT2D eigenvalue weighted by Gasteiger charge is 2.24. The van der Waals surface area contributed by atoms with Gasteiger partial charge in [-0.2, -0.15) is 4.98 Å². The number of hydrogen-bond donors (Lipinski definition) is 1. The Morgan fingerprint density at radius 1 is 1.19 bits per heavy atom. The van der Waals surface area contributed by atoms with Crippen molar-refractivity contribution in [1.82, 2.24) is 10.1 Å². The van der Waals surface area contributed by atoms with Gasteiger partial charge >= 0.3 is 0 Å². The van der Waals surface area contributed by atoms with Gasteiger partial charge in [-0.1, -0.05) is 32.9 Å². The Labute approximate surface area is 96.4 Å². The average molecular weight is 227 g/mol. The minimum atomic E-state index is -0.217. The molecule has 5 nitrogen and oxygen atoms in total. The van der Waals surface area contributed by atoms with E-state index in [0.717, 1.165) is 0 Å². The number of methoxy groups -OCH3 is 1. The summed E-state index contributed by atoms with van der Waals surface area (Å²) in [6.45, 7) is 8.13. The van der Waals surface area contributed by atoms with Gasteiger partial charge in [-0.15, -0.1) is 0 Å². The first-order chi connectivity index (χ1) is 7.47. The molecule has 2 atom stereocenters. The van der Waals surface area contributed by atoms with Gasteiger partial charge in [0.2, 0.25) is 11.7 Å². The Morgan fingerprint density at radius 3 is 2.25 bits per heavy atom. The van der Waals surface area contributed by atoms with Gasteiger partial charge in [0.1, 0.15) is 6.10 Å². The van der Waals surface area contributed by atoms with Crippen LogP contribution in [0.15, 0.2) is 4.52 Å². The van der Waals surface area contributed by atoms with Gasteiger partial charge in [-0.25, -0.2) is 0 Å². The van der Waals surface area contributed by atoms with Crippen LogP contribution in [0, 0.1) is 11.8 Å². The minimum Gasteiger partial charge on any atom is -0.373 e. The van der Waals surface area contributed by atoms with Crippen LogP contribution in [-0.4, -0.2) is 17.3 Å². The third-order valence-corrected chi connectivity index (χ3v) is 2.57. The summed E-state index contributed by atoms with van der Waals surface area (Å²) >= 11 is 0. The van der Waals surface area contributed by atoms with Crippen LogP contribution in [0.4, 0.5) is 0 Å². The van der Waals surface area contributed by atoms with Gasteiger partial charge < -0.3 is 15.0 Å². The number of ether oxygens (including phenoxy) is 1. The van der Waals surface area contributed by atoms with Crippen LogP contribution in [-0.2, 0) is 4.74 Å². The molecule has 1 heterocycles. The molecule has 0 spiro atoms. The highest BCUT2D eigenvalue weighted by Crippen LogP contribution is 2.24. The van der Waals surface area contributed by atoms with Gasteiger partial charge in [-0.05, 0) is 11.8 Å². The van der Waals surface area contributed by atoms with Crippen molar-refractivity contribution in [2.24, 2.45) is 17.6 Å².